The molecular formula is C19H23ClN2OS. The minimum Gasteiger partial charge on any atom is -0.345 e. The third-order valence-electron chi connectivity index (χ3n) is 4.77. The molecule has 1 fully saturated rings. The van der Waals surface area contributed by atoms with Crippen LogP contribution >= 0.6 is 22.9 Å². The number of halogens is 1. The second kappa shape index (κ2) is 8.15. The lowest BCUT2D eigenvalue weighted by Crippen LogP contribution is -2.41. The van der Waals surface area contributed by atoms with E-state index in [0.29, 0.717) is 5.02 Å². The molecule has 0 aliphatic carbocycles. The van der Waals surface area contributed by atoms with E-state index in [1.54, 1.807) is 11.3 Å². The fraction of sp³-hybridized carbons (Fsp3) is 0.421. The maximum atomic E-state index is 12.8. The van der Waals surface area contributed by atoms with Gasteiger partial charge >= 0.3 is 0 Å². The van der Waals surface area contributed by atoms with Gasteiger partial charge < -0.3 is 10.2 Å². The molecule has 0 saturated carbocycles. The first kappa shape index (κ1) is 17.5. The average molecular weight is 363 g/mol. The largest absolute Gasteiger partial charge is 0.345 e. The predicted octanol–water partition coefficient (Wildman–Crippen LogP) is 4.34. The number of hydrogen-bond donors (Lipinski definition) is 1. The summed E-state index contributed by atoms with van der Waals surface area (Å²) in [5, 5.41) is 8.12. The second-order valence-electron chi connectivity index (χ2n) is 6.26. The molecule has 1 atom stereocenters. The Balaban J connectivity index is 1.73. The van der Waals surface area contributed by atoms with Crippen molar-refractivity contribution < 1.29 is 4.79 Å². The summed E-state index contributed by atoms with van der Waals surface area (Å²) in [7, 11) is 0. The predicted molar refractivity (Wildman–Crippen MR) is 101 cm³/mol. The first-order valence-electron chi connectivity index (χ1n) is 8.47. The topological polar surface area (TPSA) is 32.3 Å². The van der Waals surface area contributed by atoms with Gasteiger partial charge in [-0.2, -0.15) is 11.3 Å². The van der Waals surface area contributed by atoms with Crippen molar-refractivity contribution in [3.05, 3.63) is 57.2 Å². The number of likely N-dealkylation sites (tertiary alicyclic amines) is 1. The van der Waals surface area contributed by atoms with Crippen LogP contribution in [0.4, 0.5) is 0 Å². The molecule has 2 heterocycles. The van der Waals surface area contributed by atoms with Gasteiger partial charge in [0.1, 0.15) is 0 Å². The Hall–Kier alpha value is -1.36. The van der Waals surface area contributed by atoms with Gasteiger partial charge in [0.05, 0.1) is 6.04 Å². The Morgan fingerprint density at radius 1 is 1.25 bits per heavy atom. The number of nitrogens with zero attached hydrogens (tertiary/aromatic N) is 1. The highest BCUT2D eigenvalue weighted by Crippen LogP contribution is 2.27. The molecular weight excluding hydrogens is 340 g/mol. The normalized spacial score (nSPS) is 17.6. The molecule has 1 amide bonds. The molecule has 5 heteroatoms. The Labute approximate surface area is 152 Å². The van der Waals surface area contributed by atoms with Crippen LogP contribution in [0.25, 0.3) is 0 Å². The third-order valence-corrected chi connectivity index (χ3v) is 5.73. The molecule has 1 aliphatic rings. The molecule has 1 unspecified atom stereocenters. The molecule has 1 saturated heterocycles. The molecule has 1 aromatic heterocycles. The lowest BCUT2D eigenvalue weighted by Gasteiger charge is -2.31. The zero-order chi connectivity index (χ0) is 16.9. The molecule has 3 nitrogen and oxygen atoms in total. The van der Waals surface area contributed by atoms with E-state index in [-0.39, 0.29) is 17.9 Å². The van der Waals surface area contributed by atoms with Crippen LogP contribution in [-0.4, -0.2) is 30.4 Å². The van der Waals surface area contributed by atoms with Crippen molar-refractivity contribution in [2.45, 2.75) is 25.8 Å². The molecule has 24 heavy (non-hydrogen) atoms. The van der Waals surface area contributed by atoms with Gasteiger partial charge in [-0.15, -0.1) is 0 Å². The molecule has 0 bridgehead atoms. The minimum atomic E-state index is -0.106. The van der Waals surface area contributed by atoms with Crippen LogP contribution in [0.3, 0.4) is 0 Å². The van der Waals surface area contributed by atoms with Crippen LogP contribution in [0, 0.1) is 5.92 Å². The number of rotatable bonds is 5. The fourth-order valence-corrected chi connectivity index (χ4v) is 4.04. The highest BCUT2D eigenvalue weighted by molar-refractivity contribution is 7.08. The van der Waals surface area contributed by atoms with Crippen molar-refractivity contribution in [1.29, 1.82) is 0 Å². The van der Waals surface area contributed by atoms with E-state index in [1.807, 2.05) is 29.6 Å². The Bertz CT molecular complexity index is 649. The molecule has 0 radical (unpaired) electrons. The van der Waals surface area contributed by atoms with Crippen LogP contribution in [0.15, 0.2) is 41.1 Å². The van der Waals surface area contributed by atoms with Crippen LogP contribution in [0.2, 0.25) is 5.02 Å². The van der Waals surface area contributed by atoms with Crippen LogP contribution in [-0.2, 0) is 4.79 Å². The quantitative estimate of drug-likeness (QED) is 0.858. The smallest absolute Gasteiger partial charge is 0.223 e. The zero-order valence-electron chi connectivity index (χ0n) is 13.9. The highest BCUT2D eigenvalue weighted by Gasteiger charge is 2.27. The van der Waals surface area contributed by atoms with Crippen molar-refractivity contribution in [3.63, 3.8) is 0 Å². The summed E-state index contributed by atoms with van der Waals surface area (Å²) in [6.45, 7) is 5.27. The van der Waals surface area contributed by atoms with Crippen LogP contribution < -0.4 is 5.32 Å². The number of carbonyl (C=O) groups is 1. The van der Waals surface area contributed by atoms with E-state index < -0.39 is 0 Å². The number of amides is 1. The minimum absolute atomic E-state index is 0.106. The monoisotopic (exact) mass is 362 g/mol. The van der Waals surface area contributed by atoms with E-state index >= 15 is 0 Å². The van der Waals surface area contributed by atoms with Crippen molar-refractivity contribution >= 4 is 28.8 Å². The summed E-state index contributed by atoms with van der Waals surface area (Å²) >= 11 is 7.65. The number of carbonyl (C=O) groups excluding carboxylic acids is 1. The van der Waals surface area contributed by atoms with Crippen molar-refractivity contribution in [1.82, 2.24) is 10.2 Å². The molecule has 2 aromatic rings. The van der Waals surface area contributed by atoms with Gasteiger partial charge in [0.15, 0.2) is 0 Å². The summed E-state index contributed by atoms with van der Waals surface area (Å²) in [6.07, 6.45) is 1.88. The van der Waals surface area contributed by atoms with E-state index in [2.05, 4.69) is 28.6 Å². The lowest BCUT2D eigenvalue weighted by atomic mass is 9.94. The number of piperidine rings is 1. The zero-order valence-corrected chi connectivity index (χ0v) is 15.4. The summed E-state index contributed by atoms with van der Waals surface area (Å²) in [6, 6.07) is 9.70. The van der Waals surface area contributed by atoms with Gasteiger partial charge in [0, 0.05) is 10.9 Å². The maximum Gasteiger partial charge on any atom is 0.223 e. The second-order valence-corrected chi connectivity index (χ2v) is 7.47. The standard InChI is InChI=1S/C19H23ClN2OS/c1-2-22-10-7-15(8-11-22)19(23)21-18(16-9-12-24-13-16)14-3-5-17(20)6-4-14/h3-6,9,12-13,15,18H,2,7-8,10-11H2,1H3,(H,21,23). The molecule has 1 aliphatic heterocycles. The molecule has 128 valence electrons. The van der Waals surface area contributed by atoms with Crippen LogP contribution in [0.5, 0.6) is 0 Å². The average Bonchev–Trinajstić information content (AvgIpc) is 3.15. The first-order valence-corrected chi connectivity index (χ1v) is 9.79. The van der Waals surface area contributed by atoms with E-state index in [1.165, 1.54) is 0 Å². The van der Waals surface area contributed by atoms with E-state index in [0.717, 1.165) is 43.6 Å². The van der Waals surface area contributed by atoms with E-state index in [9.17, 15) is 4.79 Å². The molecule has 1 aromatic carbocycles. The van der Waals surface area contributed by atoms with Gasteiger partial charge in [-0.25, -0.2) is 0 Å². The number of hydrogen-bond acceptors (Lipinski definition) is 3. The Morgan fingerprint density at radius 2 is 1.96 bits per heavy atom. The fourth-order valence-electron chi connectivity index (χ4n) is 3.23. The SMILES string of the molecule is CCN1CCC(C(=O)NC(c2ccc(Cl)cc2)c2ccsc2)CC1. The Morgan fingerprint density at radius 3 is 2.54 bits per heavy atom. The number of nitrogens with one attached hydrogen (secondary N) is 1. The van der Waals surface area contributed by atoms with Gasteiger partial charge in [-0.05, 0) is 72.6 Å². The number of thiophene rings is 1. The number of benzene rings is 1. The molecule has 3 rings (SSSR count). The van der Waals surface area contributed by atoms with Gasteiger partial charge in [0.2, 0.25) is 5.91 Å². The third kappa shape index (κ3) is 4.18. The highest BCUT2D eigenvalue weighted by atomic mass is 35.5. The molecule has 1 N–H and O–H groups in total. The lowest BCUT2D eigenvalue weighted by molar-refractivity contribution is -0.126. The van der Waals surface area contributed by atoms with Gasteiger partial charge in [0.25, 0.3) is 0 Å². The first-order chi connectivity index (χ1) is 11.7. The summed E-state index contributed by atoms with van der Waals surface area (Å²) in [5.74, 6) is 0.276. The van der Waals surface area contributed by atoms with Crippen molar-refractivity contribution in [2.24, 2.45) is 5.92 Å². The summed E-state index contributed by atoms with van der Waals surface area (Å²) in [5.41, 5.74) is 2.19. The maximum absolute atomic E-state index is 12.8. The van der Waals surface area contributed by atoms with Crippen molar-refractivity contribution in [3.8, 4) is 0 Å². The van der Waals surface area contributed by atoms with Crippen LogP contribution in [0.1, 0.15) is 36.9 Å². The summed E-state index contributed by atoms with van der Waals surface area (Å²) in [4.78, 5) is 15.2. The molecule has 0 spiro atoms. The van der Waals surface area contributed by atoms with Crippen molar-refractivity contribution in [2.75, 3.05) is 19.6 Å². The van der Waals surface area contributed by atoms with E-state index in [4.69, 9.17) is 11.6 Å². The summed E-state index contributed by atoms with van der Waals surface area (Å²) < 4.78 is 0. The van der Waals surface area contributed by atoms with Gasteiger partial charge in [-0.1, -0.05) is 30.7 Å². The van der Waals surface area contributed by atoms with Gasteiger partial charge in [-0.3, -0.25) is 4.79 Å². The Kier molecular flexibility index (Phi) is 5.93.